The molecule has 0 N–H and O–H groups in total. The summed E-state index contributed by atoms with van der Waals surface area (Å²) in [7, 11) is 0. The normalized spacial score (nSPS) is 11.6. The highest BCUT2D eigenvalue weighted by Gasteiger charge is 2.18. The molecule has 0 unspecified atom stereocenters. The van der Waals surface area contributed by atoms with Crippen LogP contribution < -0.4 is 0 Å². The smallest absolute Gasteiger partial charge is 0.123 e. The number of hydrogen-bond donors (Lipinski definition) is 0. The fraction of sp³-hybridized carbons (Fsp3) is 0. The summed E-state index contributed by atoms with van der Waals surface area (Å²) in [6.45, 7) is 0. The van der Waals surface area contributed by atoms with E-state index in [1.54, 1.807) is 36.4 Å². The van der Waals surface area contributed by atoms with Crippen LogP contribution in [0, 0.1) is 17.5 Å². The zero-order valence-corrected chi connectivity index (χ0v) is 19.6. The lowest BCUT2D eigenvalue weighted by atomic mass is 9.84. The largest absolute Gasteiger partial charge is 0.207 e. The third kappa shape index (κ3) is 3.47. The molecule has 0 spiro atoms. The van der Waals surface area contributed by atoms with Gasteiger partial charge < -0.3 is 0 Å². The molecule has 7 aromatic rings. The van der Waals surface area contributed by atoms with Crippen molar-refractivity contribution in [3.63, 3.8) is 0 Å². The molecule has 0 nitrogen and oxygen atoms in total. The Morgan fingerprint density at radius 2 is 0.703 bits per heavy atom. The predicted octanol–water partition coefficient (Wildman–Crippen LogP) is 10.0. The Labute approximate surface area is 211 Å². The van der Waals surface area contributed by atoms with E-state index in [1.807, 2.05) is 0 Å². The van der Waals surface area contributed by atoms with E-state index in [1.165, 1.54) is 36.4 Å². The van der Waals surface area contributed by atoms with E-state index in [0.717, 1.165) is 65.7 Å². The lowest BCUT2D eigenvalue weighted by Gasteiger charge is -2.19. The molecule has 0 heterocycles. The third-order valence-corrected chi connectivity index (χ3v) is 7.25. The maximum atomic E-state index is 13.8. The molecule has 0 radical (unpaired) electrons. The summed E-state index contributed by atoms with van der Waals surface area (Å²) < 4.78 is 41.2. The van der Waals surface area contributed by atoms with Gasteiger partial charge in [-0.1, -0.05) is 72.8 Å². The van der Waals surface area contributed by atoms with Crippen molar-refractivity contribution in [1.82, 2.24) is 0 Å². The van der Waals surface area contributed by atoms with Crippen LogP contribution in [0.4, 0.5) is 13.2 Å². The van der Waals surface area contributed by atoms with Crippen LogP contribution in [0.15, 0.2) is 115 Å². The van der Waals surface area contributed by atoms with Crippen molar-refractivity contribution in [2.45, 2.75) is 0 Å². The van der Waals surface area contributed by atoms with Gasteiger partial charge in [-0.05, 0) is 108 Å². The van der Waals surface area contributed by atoms with Crippen molar-refractivity contribution < 1.29 is 13.2 Å². The summed E-state index contributed by atoms with van der Waals surface area (Å²) in [5, 5.41) is 6.50. The second-order valence-electron chi connectivity index (χ2n) is 9.35. The van der Waals surface area contributed by atoms with Gasteiger partial charge in [0.25, 0.3) is 0 Å². The van der Waals surface area contributed by atoms with Gasteiger partial charge in [0.1, 0.15) is 17.5 Å². The lowest BCUT2D eigenvalue weighted by molar-refractivity contribution is 0.627. The summed E-state index contributed by atoms with van der Waals surface area (Å²) in [5.74, 6) is -0.845. The molecule has 3 heteroatoms. The minimum absolute atomic E-state index is 0.269. The van der Waals surface area contributed by atoms with Crippen LogP contribution in [0.5, 0.6) is 0 Å². The minimum Gasteiger partial charge on any atom is -0.207 e. The zero-order chi connectivity index (χ0) is 25.1. The van der Waals surface area contributed by atoms with E-state index in [0.29, 0.717) is 0 Å². The van der Waals surface area contributed by atoms with Crippen molar-refractivity contribution in [3.05, 3.63) is 133 Å². The van der Waals surface area contributed by atoms with Crippen LogP contribution in [0.2, 0.25) is 0 Å². The quantitative estimate of drug-likeness (QED) is 0.219. The molecule has 7 aromatic carbocycles. The van der Waals surface area contributed by atoms with E-state index in [9.17, 15) is 13.2 Å². The first-order chi connectivity index (χ1) is 18.1. The second-order valence-corrected chi connectivity index (χ2v) is 9.35. The Morgan fingerprint density at radius 3 is 1.19 bits per heavy atom. The topological polar surface area (TPSA) is 0 Å². The van der Waals surface area contributed by atoms with Crippen molar-refractivity contribution in [2.24, 2.45) is 0 Å². The van der Waals surface area contributed by atoms with Gasteiger partial charge in [-0.15, -0.1) is 0 Å². The molecular formula is C34H19F3. The van der Waals surface area contributed by atoms with E-state index in [-0.39, 0.29) is 17.5 Å². The fourth-order valence-corrected chi connectivity index (χ4v) is 5.51. The summed E-state index contributed by atoms with van der Waals surface area (Å²) >= 11 is 0. The molecule has 0 atom stereocenters. The number of hydrogen-bond acceptors (Lipinski definition) is 0. The third-order valence-electron chi connectivity index (χ3n) is 7.25. The highest BCUT2D eigenvalue weighted by Crippen LogP contribution is 2.45. The van der Waals surface area contributed by atoms with Crippen molar-refractivity contribution in [2.75, 3.05) is 0 Å². The molecule has 0 saturated heterocycles. The Bertz CT molecular complexity index is 1850. The molecule has 0 saturated carbocycles. The molecule has 0 aromatic heterocycles. The molecule has 0 aliphatic heterocycles. The van der Waals surface area contributed by atoms with Gasteiger partial charge >= 0.3 is 0 Å². The number of halogens is 3. The summed E-state index contributed by atoms with van der Waals surface area (Å²) in [4.78, 5) is 0. The number of benzene rings is 7. The molecular weight excluding hydrogens is 465 g/mol. The maximum absolute atomic E-state index is 13.8. The predicted molar refractivity (Wildman–Crippen MR) is 146 cm³/mol. The van der Waals surface area contributed by atoms with E-state index in [2.05, 4.69) is 42.5 Å². The number of rotatable bonds is 3. The summed E-state index contributed by atoms with van der Waals surface area (Å²) in [6.07, 6.45) is 0. The average molecular weight is 485 g/mol. The molecule has 0 bridgehead atoms. The van der Waals surface area contributed by atoms with Crippen molar-refractivity contribution >= 4 is 32.3 Å². The minimum atomic E-state index is -0.288. The standard InChI is InChI=1S/C34H19F3/c35-24-9-1-20(2-10-24)27-15-7-23-8-16-29-31(21-3-11-25(36)12-4-21)19-32(22-5-13-26(37)14-6-22)30-18-17-28(27)33(23)34(29)30/h1-19H. The first kappa shape index (κ1) is 21.6. The van der Waals surface area contributed by atoms with Gasteiger partial charge in [-0.2, -0.15) is 0 Å². The maximum Gasteiger partial charge on any atom is 0.123 e. The van der Waals surface area contributed by atoms with E-state index in [4.69, 9.17) is 0 Å². The molecule has 0 amide bonds. The Kier molecular flexibility index (Phi) is 4.80. The molecule has 7 rings (SSSR count). The van der Waals surface area contributed by atoms with Crippen LogP contribution in [0.1, 0.15) is 0 Å². The van der Waals surface area contributed by atoms with Crippen LogP contribution in [-0.2, 0) is 0 Å². The SMILES string of the molecule is Fc1ccc(-c2ccc3ccc4c(-c5ccc(F)cc5)cc(-c5ccc(F)cc5)c5ccc2c3c45)cc1. The zero-order valence-electron chi connectivity index (χ0n) is 19.6. The fourth-order valence-electron chi connectivity index (χ4n) is 5.51. The van der Waals surface area contributed by atoms with Crippen LogP contribution in [0.3, 0.4) is 0 Å². The van der Waals surface area contributed by atoms with Gasteiger partial charge in [0, 0.05) is 0 Å². The van der Waals surface area contributed by atoms with E-state index < -0.39 is 0 Å². The van der Waals surface area contributed by atoms with Gasteiger partial charge in [0.15, 0.2) is 0 Å². The van der Waals surface area contributed by atoms with Crippen LogP contribution in [-0.4, -0.2) is 0 Å². The molecule has 0 aliphatic carbocycles. The van der Waals surface area contributed by atoms with Gasteiger partial charge in [-0.25, -0.2) is 13.2 Å². The van der Waals surface area contributed by atoms with Gasteiger partial charge in [0.2, 0.25) is 0 Å². The van der Waals surface area contributed by atoms with E-state index >= 15 is 0 Å². The molecule has 176 valence electrons. The van der Waals surface area contributed by atoms with Crippen LogP contribution in [0.25, 0.3) is 65.7 Å². The Hall–Kier alpha value is -4.63. The average Bonchev–Trinajstić information content (AvgIpc) is 2.93. The summed E-state index contributed by atoms with van der Waals surface area (Å²) in [5.41, 5.74) is 5.74. The van der Waals surface area contributed by atoms with Crippen molar-refractivity contribution in [3.8, 4) is 33.4 Å². The second kappa shape index (κ2) is 8.21. The van der Waals surface area contributed by atoms with Gasteiger partial charge in [-0.3, -0.25) is 0 Å². The highest BCUT2D eigenvalue weighted by atomic mass is 19.1. The first-order valence-corrected chi connectivity index (χ1v) is 12.1. The molecule has 0 fully saturated rings. The Morgan fingerprint density at radius 1 is 0.324 bits per heavy atom. The molecule has 37 heavy (non-hydrogen) atoms. The van der Waals surface area contributed by atoms with Crippen LogP contribution >= 0.6 is 0 Å². The molecule has 0 aliphatic rings. The lowest BCUT2D eigenvalue weighted by Crippen LogP contribution is -1.92. The monoisotopic (exact) mass is 484 g/mol. The Balaban J connectivity index is 1.63. The highest BCUT2D eigenvalue weighted by molar-refractivity contribution is 6.29. The summed E-state index contributed by atoms with van der Waals surface area (Å²) in [6, 6.07) is 34.4. The van der Waals surface area contributed by atoms with Crippen molar-refractivity contribution in [1.29, 1.82) is 0 Å². The van der Waals surface area contributed by atoms with Gasteiger partial charge in [0.05, 0.1) is 0 Å². The first-order valence-electron chi connectivity index (χ1n) is 12.1.